The molecule has 0 saturated carbocycles. The average molecular weight is 521 g/mol. The van der Waals surface area contributed by atoms with Gasteiger partial charge >= 0.3 is 5.97 Å². The third-order valence-electron chi connectivity index (χ3n) is 7.70. The summed E-state index contributed by atoms with van der Waals surface area (Å²) in [7, 11) is 5.01. The molecule has 0 radical (unpaired) electrons. The number of likely N-dealkylation sites (tertiary alicyclic amines) is 2. The number of piperidine rings is 1. The first-order valence-electron chi connectivity index (χ1n) is 13.5. The molecule has 9 heteroatoms. The van der Waals surface area contributed by atoms with Gasteiger partial charge in [-0.1, -0.05) is 47.1 Å². The first kappa shape index (κ1) is 30.8. The van der Waals surface area contributed by atoms with E-state index in [4.69, 9.17) is 4.74 Å². The zero-order valence-electron chi connectivity index (χ0n) is 24.3. The molecule has 4 atom stereocenters. The zero-order valence-corrected chi connectivity index (χ0v) is 24.3. The Bertz CT molecular complexity index is 878. The minimum atomic E-state index is -0.715. The SMILES string of the molecule is COC(=O)C1CCCN1C(=O)/C(C)=C/[C@H](C(C)C)N(C)C(=O)[C@@H](NC(=O)[C@H]1CCCCN1C)C(C)(C)C. The van der Waals surface area contributed by atoms with Gasteiger partial charge in [0, 0.05) is 19.2 Å². The van der Waals surface area contributed by atoms with Gasteiger partial charge in [-0.05, 0) is 57.5 Å². The van der Waals surface area contributed by atoms with Gasteiger partial charge in [-0.3, -0.25) is 19.3 Å². The highest BCUT2D eigenvalue weighted by molar-refractivity contribution is 5.96. The van der Waals surface area contributed by atoms with Crippen LogP contribution in [-0.2, 0) is 23.9 Å². The molecule has 0 aromatic heterocycles. The maximum Gasteiger partial charge on any atom is 0.328 e. The van der Waals surface area contributed by atoms with Gasteiger partial charge in [0.2, 0.25) is 17.7 Å². The van der Waals surface area contributed by atoms with Crippen LogP contribution in [0.1, 0.15) is 73.6 Å². The molecule has 0 bridgehead atoms. The van der Waals surface area contributed by atoms with Crippen LogP contribution in [0.2, 0.25) is 0 Å². The minimum Gasteiger partial charge on any atom is -0.467 e. The number of carbonyl (C=O) groups is 4. The van der Waals surface area contributed by atoms with Crippen molar-refractivity contribution >= 4 is 23.7 Å². The zero-order chi connectivity index (χ0) is 28.1. The van der Waals surface area contributed by atoms with Gasteiger partial charge in [-0.15, -0.1) is 0 Å². The van der Waals surface area contributed by atoms with Crippen LogP contribution in [0.4, 0.5) is 0 Å². The number of amides is 3. The number of hydrogen-bond acceptors (Lipinski definition) is 6. The number of rotatable bonds is 8. The summed E-state index contributed by atoms with van der Waals surface area (Å²) < 4.78 is 4.88. The molecular formula is C28H48N4O5. The van der Waals surface area contributed by atoms with Crippen LogP contribution in [0.5, 0.6) is 0 Å². The first-order chi connectivity index (χ1) is 17.2. The van der Waals surface area contributed by atoms with E-state index in [-0.39, 0.29) is 35.7 Å². The molecule has 0 aromatic carbocycles. The fraction of sp³-hybridized carbons (Fsp3) is 0.786. The van der Waals surface area contributed by atoms with Crippen molar-refractivity contribution in [3.63, 3.8) is 0 Å². The van der Waals surface area contributed by atoms with E-state index < -0.39 is 23.5 Å². The molecule has 2 saturated heterocycles. The molecule has 0 aromatic rings. The van der Waals surface area contributed by atoms with E-state index in [0.29, 0.717) is 18.5 Å². The topological polar surface area (TPSA) is 99.3 Å². The smallest absolute Gasteiger partial charge is 0.328 e. The normalized spacial score (nSPS) is 23.0. The molecule has 3 amide bonds. The Morgan fingerprint density at radius 3 is 2.19 bits per heavy atom. The Hall–Kier alpha value is -2.42. The van der Waals surface area contributed by atoms with Gasteiger partial charge in [0.05, 0.1) is 19.2 Å². The largest absolute Gasteiger partial charge is 0.467 e. The minimum absolute atomic E-state index is 0.0208. The molecule has 210 valence electrons. The average Bonchev–Trinajstić information content (AvgIpc) is 3.33. The van der Waals surface area contributed by atoms with Crippen molar-refractivity contribution in [1.29, 1.82) is 0 Å². The fourth-order valence-electron chi connectivity index (χ4n) is 5.34. The van der Waals surface area contributed by atoms with Gasteiger partial charge in [0.15, 0.2) is 0 Å². The predicted octanol–water partition coefficient (Wildman–Crippen LogP) is 2.59. The molecule has 2 aliphatic rings. The van der Waals surface area contributed by atoms with Crippen LogP contribution in [-0.4, -0.2) is 96.9 Å². The van der Waals surface area contributed by atoms with E-state index in [0.717, 1.165) is 32.2 Å². The van der Waals surface area contributed by atoms with Crippen molar-refractivity contribution in [3.8, 4) is 0 Å². The van der Waals surface area contributed by atoms with E-state index in [2.05, 4.69) is 10.2 Å². The molecule has 2 heterocycles. The second-order valence-corrected chi connectivity index (χ2v) is 12.0. The number of hydrogen-bond donors (Lipinski definition) is 1. The standard InChI is InChI=1S/C28H48N4O5/c1-18(2)22(17-19(3)25(34)32-16-12-14-21(32)27(36)37-9)31(8)26(35)23(28(4,5)6)29-24(33)20-13-10-11-15-30(20)7/h17-18,20-23H,10-16H2,1-9H3,(H,29,33)/b19-17+/t20-,21?,22-,23-/m1/s1. The number of methoxy groups -OCH3 is 1. The lowest BCUT2D eigenvalue weighted by Gasteiger charge is -2.39. The van der Waals surface area contributed by atoms with Crippen LogP contribution < -0.4 is 5.32 Å². The summed E-state index contributed by atoms with van der Waals surface area (Å²) in [6.45, 7) is 12.9. The quantitative estimate of drug-likeness (QED) is 0.390. The van der Waals surface area contributed by atoms with Crippen LogP contribution in [0.3, 0.4) is 0 Å². The van der Waals surface area contributed by atoms with Crippen molar-refractivity contribution in [2.75, 3.05) is 34.3 Å². The number of carbonyl (C=O) groups excluding carboxylic acids is 4. The molecular weight excluding hydrogens is 472 g/mol. The third kappa shape index (κ3) is 7.55. The number of ether oxygens (including phenoxy) is 1. The van der Waals surface area contributed by atoms with Gasteiger partial charge in [0.25, 0.3) is 0 Å². The van der Waals surface area contributed by atoms with E-state index in [9.17, 15) is 19.2 Å². The first-order valence-corrected chi connectivity index (χ1v) is 13.5. The third-order valence-corrected chi connectivity index (χ3v) is 7.70. The number of nitrogens with one attached hydrogen (secondary N) is 1. The Labute approximate surface area is 222 Å². The Morgan fingerprint density at radius 1 is 1.03 bits per heavy atom. The van der Waals surface area contributed by atoms with Crippen LogP contribution in [0.25, 0.3) is 0 Å². The molecule has 1 unspecified atom stereocenters. The molecule has 9 nitrogen and oxygen atoms in total. The highest BCUT2D eigenvalue weighted by atomic mass is 16.5. The number of nitrogens with zero attached hydrogens (tertiary/aromatic N) is 3. The van der Waals surface area contributed by atoms with Crippen molar-refractivity contribution in [2.24, 2.45) is 11.3 Å². The van der Waals surface area contributed by atoms with Gasteiger partial charge in [0.1, 0.15) is 12.1 Å². The summed E-state index contributed by atoms with van der Waals surface area (Å²) in [5, 5.41) is 3.06. The van der Waals surface area contributed by atoms with E-state index in [1.54, 1.807) is 23.8 Å². The second-order valence-electron chi connectivity index (χ2n) is 12.0. The van der Waals surface area contributed by atoms with E-state index in [1.165, 1.54) is 7.11 Å². The molecule has 1 N–H and O–H groups in total. The lowest BCUT2D eigenvalue weighted by atomic mass is 9.84. The van der Waals surface area contributed by atoms with Crippen molar-refractivity contribution in [3.05, 3.63) is 11.6 Å². The molecule has 2 fully saturated rings. The summed E-state index contributed by atoms with van der Waals surface area (Å²) in [4.78, 5) is 57.7. The summed E-state index contributed by atoms with van der Waals surface area (Å²) >= 11 is 0. The van der Waals surface area contributed by atoms with Crippen LogP contribution in [0.15, 0.2) is 11.6 Å². The van der Waals surface area contributed by atoms with Gasteiger partial charge in [-0.25, -0.2) is 4.79 Å². The number of esters is 1. The van der Waals surface area contributed by atoms with Crippen LogP contribution in [0, 0.1) is 11.3 Å². The molecule has 0 spiro atoms. The Kier molecular flexibility index (Phi) is 10.7. The van der Waals surface area contributed by atoms with Crippen molar-refractivity contribution in [1.82, 2.24) is 20.0 Å². The highest BCUT2D eigenvalue weighted by Crippen LogP contribution is 2.26. The van der Waals surface area contributed by atoms with Crippen LogP contribution >= 0.6 is 0 Å². The summed E-state index contributed by atoms with van der Waals surface area (Å²) in [5.41, 5.74) is -0.0255. The fourth-order valence-corrected chi connectivity index (χ4v) is 5.34. The van der Waals surface area contributed by atoms with Crippen molar-refractivity contribution < 1.29 is 23.9 Å². The maximum absolute atomic E-state index is 13.8. The molecule has 37 heavy (non-hydrogen) atoms. The second kappa shape index (κ2) is 12.9. The Balaban J connectivity index is 2.25. The lowest BCUT2D eigenvalue weighted by molar-refractivity contribution is -0.149. The number of likely N-dealkylation sites (N-methyl/N-ethyl adjacent to an activating group) is 2. The van der Waals surface area contributed by atoms with E-state index >= 15 is 0 Å². The van der Waals surface area contributed by atoms with Gasteiger partial charge in [-0.2, -0.15) is 0 Å². The van der Waals surface area contributed by atoms with Crippen molar-refractivity contribution in [2.45, 2.75) is 97.8 Å². The molecule has 0 aliphatic carbocycles. The summed E-state index contributed by atoms with van der Waals surface area (Å²) in [6, 6.07) is -1.89. The molecule has 2 rings (SSSR count). The predicted molar refractivity (Wildman–Crippen MR) is 144 cm³/mol. The summed E-state index contributed by atoms with van der Waals surface area (Å²) in [5.74, 6) is -0.913. The Morgan fingerprint density at radius 2 is 1.65 bits per heavy atom. The monoisotopic (exact) mass is 520 g/mol. The maximum atomic E-state index is 13.8. The highest BCUT2D eigenvalue weighted by Gasteiger charge is 2.40. The van der Waals surface area contributed by atoms with E-state index in [1.807, 2.05) is 47.7 Å². The molecule has 2 aliphatic heterocycles. The summed E-state index contributed by atoms with van der Waals surface area (Å²) in [6.07, 6.45) is 5.99. The lowest BCUT2D eigenvalue weighted by Crippen LogP contribution is -2.59. The van der Waals surface area contributed by atoms with Gasteiger partial charge < -0.3 is 19.9 Å².